The third-order valence-corrected chi connectivity index (χ3v) is 13.3. The molecule has 6 rings (SSSR count). The highest BCUT2D eigenvalue weighted by Gasteiger charge is 2.55. The minimum Gasteiger partial charge on any atom is -0.466 e. The van der Waals surface area contributed by atoms with Gasteiger partial charge in [0.2, 0.25) is 12.2 Å². The number of nitro benzene ring substituents is 3. The first-order chi connectivity index (χ1) is 41.0. The molecule has 0 radical (unpaired) electrons. The second kappa shape index (κ2) is 31.4. The summed E-state index contributed by atoms with van der Waals surface area (Å²) in [4.78, 5) is 108. The Morgan fingerprint density at radius 2 is 1.18 bits per heavy atom. The molecular formula is C52H68N10O25. The van der Waals surface area contributed by atoms with Crippen LogP contribution in [0.3, 0.4) is 0 Å². The Balaban J connectivity index is 0.00000450. The number of amides is 5. The maximum Gasteiger partial charge on any atom is 0.410 e. The van der Waals surface area contributed by atoms with E-state index in [1.54, 1.807) is 20.8 Å². The summed E-state index contributed by atoms with van der Waals surface area (Å²) in [5, 5.41) is 98.8. The molecule has 35 nitrogen and oxygen atoms in total. The van der Waals surface area contributed by atoms with Crippen LogP contribution in [-0.4, -0.2) is 181 Å². The van der Waals surface area contributed by atoms with Crippen molar-refractivity contribution in [3.8, 4) is 0 Å². The Hall–Kier alpha value is -8.97. The fourth-order valence-corrected chi connectivity index (χ4v) is 9.09. The van der Waals surface area contributed by atoms with Gasteiger partial charge in [-0.05, 0) is 106 Å². The summed E-state index contributed by atoms with van der Waals surface area (Å²) in [7, 11) is 1.25. The number of hydrogen-bond acceptors (Lipinski definition) is 26. The molecule has 87 heavy (non-hydrogen) atoms. The van der Waals surface area contributed by atoms with Crippen LogP contribution in [0, 0.1) is 35.3 Å². The molecule has 35 heteroatoms. The summed E-state index contributed by atoms with van der Waals surface area (Å²) in [5.41, 5.74) is 3.48. The maximum atomic E-state index is 14.0. The number of benzene rings is 3. The van der Waals surface area contributed by atoms with Crippen molar-refractivity contribution in [2.75, 3.05) is 26.7 Å². The molecule has 2 heterocycles. The molecule has 476 valence electrons. The van der Waals surface area contributed by atoms with E-state index in [2.05, 4.69) is 21.3 Å². The van der Waals surface area contributed by atoms with E-state index in [4.69, 9.17) is 53.7 Å². The minimum absolute atomic E-state index is 0.0283. The number of carbonyl (C=O) groups excluding carboxylic acids is 5. The van der Waals surface area contributed by atoms with Crippen molar-refractivity contribution in [2.45, 2.75) is 145 Å². The van der Waals surface area contributed by atoms with Crippen LogP contribution >= 0.6 is 0 Å². The molecule has 0 bridgehead atoms. The van der Waals surface area contributed by atoms with Crippen LogP contribution in [0.2, 0.25) is 0 Å². The van der Waals surface area contributed by atoms with Crippen LogP contribution in [0.5, 0.6) is 0 Å². The number of aliphatic hydroxyl groups excluding tert-OH is 3. The van der Waals surface area contributed by atoms with Gasteiger partial charge < -0.3 is 95.4 Å². The maximum absolute atomic E-state index is 14.0. The first kappa shape index (κ1) is 68.8. The summed E-state index contributed by atoms with van der Waals surface area (Å²) in [5.74, 6) is -0.971. The van der Waals surface area contributed by atoms with Crippen molar-refractivity contribution in [3.63, 3.8) is 0 Å². The van der Waals surface area contributed by atoms with E-state index in [9.17, 15) is 74.7 Å². The van der Waals surface area contributed by atoms with Gasteiger partial charge in [-0.15, -0.1) is 4.91 Å². The van der Waals surface area contributed by atoms with Crippen LogP contribution in [0.4, 0.5) is 36.2 Å². The summed E-state index contributed by atoms with van der Waals surface area (Å²) < 4.78 is 46.2. The zero-order valence-electron chi connectivity index (χ0n) is 47.4. The molecule has 3 aromatic rings. The number of rotatable bonds is 22. The second-order valence-electron chi connectivity index (χ2n) is 21.0. The van der Waals surface area contributed by atoms with Gasteiger partial charge in [0.15, 0.2) is 11.6 Å². The molecule has 2 aliphatic heterocycles. The molecule has 0 aromatic heterocycles. The van der Waals surface area contributed by atoms with Gasteiger partial charge in [-0.1, -0.05) is 0 Å². The average Bonchev–Trinajstić information content (AvgIpc) is 1.16. The monoisotopic (exact) mass is 1230 g/mol. The largest absolute Gasteiger partial charge is 0.466 e. The number of ether oxygens (including phenoxy) is 8. The summed E-state index contributed by atoms with van der Waals surface area (Å²) in [6.07, 6.45) is -16.4. The van der Waals surface area contributed by atoms with Crippen LogP contribution < -0.4 is 27.0 Å². The van der Waals surface area contributed by atoms with Gasteiger partial charge in [-0.25, -0.2) is 19.2 Å². The highest BCUT2D eigenvalue weighted by Crippen LogP contribution is 2.35. The molecule has 2 fully saturated rings. The number of likely N-dealkylation sites (N-methyl/N-ethyl adjacent to an activating group) is 1. The molecule has 3 aromatic carbocycles. The highest BCUT2D eigenvalue weighted by molar-refractivity contribution is 5.81. The molecule has 3 aliphatic rings. The minimum atomic E-state index is -2.07. The molecular weight excluding hydrogens is 1160 g/mol. The summed E-state index contributed by atoms with van der Waals surface area (Å²) >= 11 is 0. The predicted octanol–water partition coefficient (Wildman–Crippen LogP) is 2.43. The van der Waals surface area contributed by atoms with Crippen molar-refractivity contribution >= 4 is 47.3 Å². The number of nitro groups is 3. The molecule has 0 unspecified atom stereocenters. The number of nitrogens with zero attached hydrogens (tertiary/aromatic N) is 5. The highest BCUT2D eigenvalue weighted by atomic mass is 16.7. The van der Waals surface area contributed by atoms with Gasteiger partial charge in [0.05, 0.1) is 52.1 Å². The van der Waals surface area contributed by atoms with Crippen molar-refractivity contribution in [1.82, 2.24) is 26.2 Å². The van der Waals surface area contributed by atoms with Crippen LogP contribution in [0.25, 0.3) is 0 Å². The topological polar surface area (TPSA) is 497 Å². The smallest absolute Gasteiger partial charge is 0.410 e. The average molecular weight is 1230 g/mol. The normalized spacial score (nSPS) is 24.5. The first-order valence-corrected chi connectivity index (χ1v) is 26.5. The lowest BCUT2D eigenvalue weighted by Crippen LogP contribution is -2.70. The summed E-state index contributed by atoms with van der Waals surface area (Å²) in [6, 6.07) is 9.78. The lowest BCUT2D eigenvalue weighted by Gasteiger charge is -2.50. The van der Waals surface area contributed by atoms with Crippen molar-refractivity contribution in [2.24, 2.45) is 11.1 Å². The fourth-order valence-electron chi connectivity index (χ4n) is 9.09. The van der Waals surface area contributed by atoms with E-state index < -0.39 is 150 Å². The first-order valence-electron chi connectivity index (χ1n) is 26.5. The van der Waals surface area contributed by atoms with Gasteiger partial charge in [-0.2, -0.15) is 0 Å². The molecule has 1 aliphatic carbocycles. The van der Waals surface area contributed by atoms with Gasteiger partial charge in [0, 0.05) is 50.0 Å². The van der Waals surface area contributed by atoms with Gasteiger partial charge in [0.25, 0.3) is 17.1 Å². The van der Waals surface area contributed by atoms with E-state index in [1.165, 1.54) is 98.2 Å². The van der Waals surface area contributed by atoms with Crippen LogP contribution in [0.1, 0.15) is 63.6 Å². The fraction of sp³-hybridized carbons (Fsp3) is 0.519. The number of aliphatic hydroxyl groups is 4. The number of nitrogens with one attached hydrogen (secondary N) is 4. The Morgan fingerprint density at radius 3 is 1.63 bits per heavy atom. The van der Waals surface area contributed by atoms with Gasteiger partial charge in [-0.3, -0.25) is 35.1 Å². The molecule has 11 N–H and O–H groups in total. The van der Waals surface area contributed by atoms with E-state index in [-0.39, 0.29) is 55.5 Å². The molecule has 5 amide bonds. The molecule has 12 atom stereocenters. The van der Waals surface area contributed by atoms with E-state index in [0.29, 0.717) is 16.7 Å². The lowest BCUT2D eigenvalue weighted by atomic mass is 9.82. The Bertz CT molecular complexity index is 2900. The number of non-ortho nitro benzene ring substituents is 3. The van der Waals surface area contributed by atoms with Gasteiger partial charge >= 0.3 is 24.4 Å². The lowest BCUT2D eigenvalue weighted by molar-refractivity contribution is -0.385. The molecule has 1 saturated heterocycles. The number of alkyl carbamates (subject to hydrolysis) is 3. The number of nitrogens with two attached hydrogens (primary N) is 1. The zero-order valence-corrected chi connectivity index (χ0v) is 47.4. The van der Waals surface area contributed by atoms with E-state index >= 15 is 0 Å². The quantitative estimate of drug-likeness (QED) is 0.0299. The standard InChI is InChI=1S/C52H67N9O23.HNO2/c1-51(2,3)84-50(69)58(5)43-40(64)46(80-27-52(43,4)70)83-41-36(55-44(65)38(62)20-21-54-47(66)77-24-28-6-12-31(13-7-28)59(71)72)22-37(57-49(68)79-26-30-10-16-33(17-11-30)61(75)76)42(39(41)63)82-45-35(19-18-34(23-53)81-45)56-48(67)78-25-29-8-14-32(15-9-29)60(73)74;2-1-3/h6-18,35-43,45-46,62-64,70H,19-27,53H2,1-5H3,(H,54,66)(H,55,65)(H,56,67)(H,57,68);(H,2,3)/t35-,36-,37+,38-,39-,40-,41+,42-,43-,45-,46-,52+;/m1./s1. The van der Waals surface area contributed by atoms with Crippen molar-refractivity contribution in [3.05, 3.63) is 137 Å². The Labute approximate surface area is 494 Å². The molecule has 0 spiro atoms. The SMILES string of the molecule is CN(C(=O)OC(C)(C)C)[C@@H]1[C@@H](O)[C@@H](O[C@@H]2[C@@H](O)[C@H](O[C@H]3OC(CN)=CC[C@H]3NC(=O)OCc3ccc([N+](=O)[O-])cc3)[C@@H](NC(=O)OCc3ccc([N+](=O)[O-])cc3)C[C@H]2NC(=O)[C@H](O)CCNC(=O)OCc2ccc([N+](=O)[O-])cc2)OC[C@]1(C)O.O=NO. The van der Waals surface area contributed by atoms with Crippen LogP contribution in [-0.2, 0) is 62.5 Å². The number of carbonyl (C=O) groups is 5. The van der Waals surface area contributed by atoms with Crippen molar-refractivity contribution < 1.29 is 102 Å². The number of hydrogen-bond donors (Lipinski definition) is 10. The third kappa shape index (κ3) is 20.3. The Kier molecular flexibility index (Phi) is 24.9. The van der Waals surface area contributed by atoms with Crippen LogP contribution in [0.15, 0.2) is 90.0 Å². The predicted molar refractivity (Wildman–Crippen MR) is 293 cm³/mol. The molecule has 1 saturated carbocycles. The third-order valence-electron chi connectivity index (χ3n) is 13.3. The Morgan fingerprint density at radius 1 is 0.747 bits per heavy atom. The van der Waals surface area contributed by atoms with E-state index in [1.807, 2.05) is 0 Å². The second-order valence-corrected chi connectivity index (χ2v) is 21.0. The van der Waals surface area contributed by atoms with Crippen molar-refractivity contribution in [1.29, 1.82) is 0 Å². The van der Waals surface area contributed by atoms with E-state index in [0.717, 1.165) is 4.90 Å². The van der Waals surface area contributed by atoms with Gasteiger partial charge in [0.1, 0.15) is 67.3 Å². The zero-order chi connectivity index (χ0) is 64.3. The summed E-state index contributed by atoms with van der Waals surface area (Å²) in [6.45, 7) is 3.85.